The molecule has 2 rings (SSSR count). The van der Waals surface area contributed by atoms with Crippen molar-refractivity contribution in [2.24, 2.45) is 0 Å². The average Bonchev–Trinajstić information content (AvgIpc) is 2.66. The van der Waals surface area contributed by atoms with Gasteiger partial charge in [-0.2, -0.15) is 0 Å². The van der Waals surface area contributed by atoms with Crippen LogP contribution in [0.3, 0.4) is 0 Å². The standard InChI is InChI=1S/C20H22Cl2N2O4/c1-12(2)15-6-4-5-7-17(15)27-11-19(25)23-24-20(26)13(3)28-18-9-8-14(21)10-16(18)22/h4-10,12-13H,11H2,1-3H3,(H,23,25)(H,24,26). The van der Waals surface area contributed by atoms with E-state index < -0.39 is 17.9 Å². The summed E-state index contributed by atoms with van der Waals surface area (Å²) in [5.74, 6) is 0.170. The summed E-state index contributed by atoms with van der Waals surface area (Å²) >= 11 is 11.8. The van der Waals surface area contributed by atoms with Crippen molar-refractivity contribution in [1.82, 2.24) is 10.9 Å². The SMILES string of the molecule is CC(Oc1ccc(Cl)cc1Cl)C(=O)NNC(=O)COc1ccccc1C(C)C. The fourth-order valence-corrected chi connectivity index (χ4v) is 2.77. The van der Waals surface area contributed by atoms with Gasteiger partial charge in [-0.1, -0.05) is 55.2 Å². The summed E-state index contributed by atoms with van der Waals surface area (Å²) in [5, 5.41) is 0.745. The minimum atomic E-state index is -0.887. The third-order valence-electron chi connectivity index (χ3n) is 3.79. The molecular formula is C20H22Cl2N2O4. The average molecular weight is 425 g/mol. The van der Waals surface area contributed by atoms with Crippen LogP contribution in [0.2, 0.25) is 10.0 Å². The Morgan fingerprint density at radius 3 is 2.39 bits per heavy atom. The van der Waals surface area contributed by atoms with Gasteiger partial charge in [-0.25, -0.2) is 0 Å². The van der Waals surface area contributed by atoms with Gasteiger partial charge in [0.25, 0.3) is 11.8 Å². The number of para-hydroxylation sites is 1. The molecule has 0 saturated heterocycles. The molecule has 2 aromatic rings. The summed E-state index contributed by atoms with van der Waals surface area (Å²) in [5.41, 5.74) is 5.59. The third-order valence-corrected chi connectivity index (χ3v) is 4.32. The summed E-state index contributed by atoms with van der Waals surface area (Å²) < 4.78 is 11.0. The van der Waals surface area contributed by atoms with E-state index in [4.69, 9.17) is 32.7 Å². The maximum Gasteiger partial charge on any atom is 0.279 e. The molecule has 0 aliphatic carbocycles. The second-order valence-corrected chi connectivity index (χ2v) is 7.20. The van der Waals surface area contributed by atoms with E-state index in [9.17, 15) is 9.59 Å². The van der Waals surface area contributed by atoms with Crippen LogP contribution >= 0.6 is 23.2 Å². The van der Waals surface area contributed by atoms with E-state index >= 15 is 0 Å². The molecule has 28 heavy (non-hydrogen) atoms. The summed E-state index contributed by atoms with van der Waals surface area (Å²) in [6.07, 6.45) is -0.887. The van der Waals surface area contributed by atoms with Gasteiger partial charge in [0.1, 0.15) is 11.5 Å². The summed E-state index contributed by atoms with van der Waals surface area (Å²) in [7, 11) is 0. The fourth-order valence-electron chi connectivity index (χ4n) is 2.32. The van der Waals surface area contributed by atoms with Gasteiger partial charge in [-0.15, -0.1) is 0 Å². The smallest absolute Gasteiger partial charge is 0.279 e. The van der Waals surface area contributed by atoms with Crippen molar-refractivity contribution >= 4 is 35.0 Å². The van der Waals surface area contributed by atoms with Crippen LogP contribution in [0, 0.1) is 0 Å². The second-order valence-electron chi connectivity index (χ2n) is 6.35. The quantitative estimate of drug-likeness (QED) is 0.655. The second kappa shape index (κ2) is 10.2. The lowest BCUT2D eigenvalue weighted by Crippen LogP contribution is -2.48. The Labute approximate surface area is 174 Å². The van der Waals surface area contributed by atoms with Gasteiger partial charge in [0.05, 0.1) is 5.02 Å². The Morgan fingerprint density at radius 2 is 1.71 bits per heavy atom. The van der Waals surface area contributed by atoms with E-state index in [1.165, 1.54) is 13.0 Å². The lowest BCUT2D eigenvalue weighted by Gasteiger charge is -2.17. The molecule has 2 amide bonds. The molecule has 0 radical (unpaired) electrons. The summed E-state index contributed by atoms with van der Waals surface area (Å²) in [4.78, 5) is 24.0. The molecule has 0 saturated carbocycles. The normalized spacial score (nSPS) is 11.6. The molecule has 0 fully saturated rings. The van der Waals surface area contributed by atoms with Crippen LogP contribution in [0.1, 0.15) is 32.3 Å². The summed E-state index contributed by atoms with van der Waals surface area (Å²) in [6.45, 7) is 5.37. The Morgan fingerprint density at radius 1 is 1.00 bits per heavy atom. The zero-order valence-corrected chi connectivity index (χ0v) is 17.3. The van der Waals surface area contributed by atoms with Gasteiger partial charge in [-0.3, -0.25) is 20.4 Å². The van der Waals surface area contributed by atoms with Crippen molar-refractivity contribution in [1.29, 1.82) is 0 Å². The number of benzene rings is 2. The van der Waals surface area contributed by atoms with Crippen LogP contribution in [0.5, 0.6) is 11.5 Å². The first-order valence-electron chi connectivity index (χ1n) is 8.70. The number of hydrogen-bond acceptors (Lipinski definition) is 4. The van der Waals surface area contributed by atoms with Crippen molar-refractivity contribution in [2.45, 2.75) is 32.8 Å². The van der Waals surface area contributed by atoms with Gasteiger partial charge in [-0.05, 0) is 42.7 Å². The van der Waals surface area contributed by atoms with Gasteiger partial charge in [0.15, 0.2) is 12.7 Å². The molecular weight excluding hydrogens is 403 g/mol. The number of nitrogens with one attached hydrogen (secondary N) is 2. The zero-order valence-electron chi connectivity index (χ0n) is 15.8. The number of carbonyl (C=O) groups excluding carboxylic acids is 2. The largest absolute Gasteiger partial charge is 0.483 e. The van der Waals surface area contributed by atoms with E-state index in [2.05, 4.69) is 10.9 Å². The minimum absolute atomic E-state index is 0.234. The minimum Gasteiger partial charge on any atom is -0.483 e. The molecule has 0 aromatic heterocycles. The molecule has 1 atom stereocenters. The molecule has 2 N–H and O–H groups in total. The van der Waals surface area contributed by atoms with Gasteiger partial charge in [0, 0.05) is 5.02 Å². The van der Waals surface area contributed by atoms with Crippen molar-refractivity contribution in [2.75, 3.05) is 6.61 Å². The monoisotopic (exact) mass is 424 g/mol. The van der Waals surface area contributed by atoms with Gasteiger partial charge >= 0.3 is 0 Å². The highest BCUT2D eigenvalue weighted by atomic mass is 35.5. The molecule has 8 heteroatoms. The first-order valence-corrected chi connectivity index (χ1v) is 9.45. The Kier molecular flexibility index (Phi) is 7.96. The van der Waals surface area contributed by atoms with Crippen LogP contribution < -0.4 is 20.3 Å². The molecule has 0 aliphatic rings. The van der Waals surface area contributed by atoms with Crippen LogP contribution in [-0.2, 0) is 9.59 Å². The van der Waals surface area contributed by atoms with E-state index in [1.54, 1.807) is 18.2 Å². The van der Waals surface area contributed by atoms with Gasteiger partial charge in [0.2, 0.25) is 0 Å². The number of carbonyl (C=O) groups is 2. The van der Waals surface area contributed by atoms with E-state index in [0.717, 1.165) is 5.56 Å². The molecule has 1 unspecified atom stereocenters. The topological polar surface area (TPSA) is 76.7 Å². The molecule has 0 heterocycles. The van der Waals surface area contributed by atoms with Gasteiger partial charge < -0.3 is 9.47 Å². The lowest BCUT2D eigenvalue weighted by atomic mass is 10.0. The number of hydrazine groups is 1. The van der Waals surface area contributed by atoms with Crippen molar-refractivity contribution in [3.63, 3.8) is 0 Å². The summed E-state index contributed by atoms with van der Waals surface area (Å²) in [6, 6.07) is 12.2. The maximum absolute atomic E-state index is 12.1. The highest BCUT2D eigenvalue weighted by Crippen LogP contribution is 2.28. The first kappa shape index (κ1) is 21.9. The third kappa shape index (κ3) is 6.32. The molecule has 2 aromatic carbocycles. The number of amides is 2. The molecule has 0 spiro atoms. The predicted molar refractivity (Wildman–Crippen MR) is 109 cm³/mol. The van der Waals surface area contributed by atoms with Crippen molar-refractivity contribution < 1.29 is 19.1 Å². The van der Waals surface area contributed by atoms with E-state index in [0.29, 0.717) is 16.5 Å². The number of hydrogen-bond donors (Lipinski definition) is 2. The highest BCUT2D eigenvalue weighted by Gasteiger charge is 2.17. The number of rotatable bonds is 7. The van der Waals surface area contributed by atoms with Crippen LogP contribution in [0.4, 0.5) is 0 Å². The predicted octanol–water partition coefficient (Wildman–Crippen LogP) is 4.11. The maximum atomic E-state index is 12.1. The van der Waals surface area contributed by atoms with Crippen molar-refractivity contribution in [3.8, 4) is 11.5 Å². The molecule has 150 valence electrons. The van der Waals surface area contributed by atoms with Crippen LogP contribution in [-0.4, -0.2) is 24.5 Å². The molecule has 0 aliphatic heterocycles. The Bertz CT molecular complexity index is 843. The van der Waals surface area contributed by atoms with Crippen molar-refractivity contribution in [3.05, 3.63) is 58.1 Å². The first-order chi connectivity index (χ1) is 13.3. The lowest BCUT2D eigenvalue weighted by molar-refractivity contribution is -0.133. The molecule has 6 nitrogen and oxygen atoms in total. The number of ether oxygens (including phenoxy) is 2. The van der Waals surface area contributed by atoms with E-state index in [-0.39, 0.29) is 17.5 Å². The highest BCUT2D eigenvalue weighted by molar-refractivity contribution is 6.35. The molecule has 0 bridgehead atoms. The van der Waals surface area contributed by atoms with Crippen LogP contribution in [0.25, 0.3) is 0 Å². The van der Waals surface area contributed by atoms with Crippen LogP contribution in [0.15, 0.2) is 42.5 Å². The fraction of sp³-hybridized carbons (Fsp3) is 0.300. The number of halogens is 2. The Balaban J connectivity index is 1.81. The zero-order chi connectivity index (χ0) is 20.7. The Hall–Kier alpha value is -2.44. The van der Waals surface area contributed by atoms with E-state index in [1.807, 2.05) is 32.0 Å².